The van der Waals surface area contributed by atoms with Gasteiger partial charge in [-0.1, -0.05) is 60.7 Å². The monoisotopic (exact) mass is 297 g/mol. The Balaban J connectivity index is 1.86. The molecule has 2 atom stereocenters. The van der Waals surface area contributed by atoms with Gasteiger partial charge in [0, 0.05) is 6.04 Å². The van der Waals surface area contributed by atoms with E-state index < -0.39 is 12.0 Å². The lowest BCUT2D eigenvalue weighted by atomic mass is 10.0. The van der Waals surface area contributed by atoms with Crippen LogP contribution in [0.15, 0.2) is 60.7 Å². The van der Waals surface area contributed by atoms with Gasteiger partial charge in [-0.3, -0.25) is 4.79 Å². The van der Waals surface area contributed by atoms with Crippen LogP contribution >= 0.6 is 0 Å². The normalized spacial score (nSPS) is 13.5. The number of benzene rings is 2. The standard InChI is InChI=1S/C19H23NO2/c1-15(12-13-16-8-4-2-5-9-16)20-18(19(21)22)14-17-10-6-3-7-11-17/h2-11,15,18,20H,12-14H2,1H3,(H,21,22)/t15?,18-/m1/s1. The van der Waals surface area contributed by atoms with Crippen molar-refractivity contribution in [3.63, 3.8) is 0 Å². The van der Waals surface area contributed by atoms with Crippen LogP contribution in [0.5, 0.6) is 0 Å². The molecule has 0 aliphatic heterocycles. The van der Waals surface area contributed by atoms with Crippen LogP contribution < -0.4 is 5.32 Å². The molecule has 0 spiro atoms. The van der Waals surface area contributed by atoms with Gasteiger partial charge in [0.2, 0.25) is 0 Å². The van der Waals surface area contributed by atoms with Gasteiger partial charge in [-0.05, 0) is 37.3 Å². The molecule has 0 amide bonds. The molecule has 3 nitrogen and oxygen atoms in total. The zero-order valence-corrected chi connectivity index (χ0v) is 12.9. The number of hydrogen-bond donors (Lipinski definition) is 2. The van der Waals surface area contributed by atoms with Crippen LogP contribution in [0.25, 0.3) is 0 Å². The van der Waals surface area contributed by atoms with Crippen LogP contribution in [0.1, 0.15) is 24.5 Å². The minimum atomic E-state index is -0.796. The van der Waals surface area contributed by atoms with Crippen molar-refractivity contribution in [1.29, 1.82) is 0 Å². The molecule has 0 aliphatic carbocycles. The van der Waals surface area contributed by atoms with Crippen molar-refractivity contribution in [2.24, 2.45) is 0 Å². The lowest BCUT2D eigenvalue weighted by Gasteiger charge is -2.20. The van der Waals surface area contributed by atoms with E-state index in [1.165, 1.54) is 5.56 Å². The predicted molar refractivity (Wildman–Crippen MR) is 88.9 cm³/mol. The summed E-state index contributed by atoms with van der Waals surface area (Å²) in [6.07, 6.45) is 2.38. The van der Waals surface area contributed by atoms with E-state index in [-0.39, 0.29) is 6.04 Å². The molecule has 2 aromatic carbocycles. The molecule has 0 aliphatic rings. The summed E-state index contributed by atoms with van der Waals surface area (Å²) in [6.45, 7) is 2.05. The van der Waals surface area contributed by atoms with E-state index in [1.807, 2.05) is 55.5 Å². The van der Waals surface area contributed by atoms with Gasteiger partial charge in [0.15, 0.2) is 0 Å². The van der Waals surface area contributed by atoms with Crippen molar-refractivity contribution in [3.05, 3.63) is 71.8 Å². The van der Waals surface area contributed by atoms with Crippen LogP contribution in [-0.2, 0) is 17.6 Å². The minimum Gasteiger partial charge on any atom is -0.480 e. The largest absolute Gasteiger partial charge is 0.480 e. The molecule has 3 heteroatoms. The third kappa shape index (κ3) is 5.34. The Morgan fingerprint density at radius 3 is 2.09 bits per heavy atom. The Labute approximate surface area is 132 Å². The van der Waals surface area contributed by atoms with Crippen LogP contribution in [-0.4, -0.2) is 23.2 Å². The summed E-state index contributed by atoms with van der Waals surface area (Å²) in [5.74, 6) is -0.796. The van der Waals surface area contributed by atoms with Gasteiger partial charge in [-0.15, -0.1) is 0 Å². The summed E-state index contributed by atoms with van der Waals surface area (Å²) in [5, 5.41) is 12.6. The van der Waals surface area contributed by atoms with E-state index in [1.54, 1.807) is 0 Å². The number of aliphatic carboxylic acids is 1. The summed E-state index contributed by atoms with van der Waals surface area (Å²) in [6, 6.07) is 19.6. The molecular weight excluding hydrogens is 274 g/mol. The van der Waals surface area contributed by atoms with E-state index in [9.17, 15) is 9.90 Å². The Kier molecular flexibility index (Phi) is 6.16. The Morgan fingerprint density at radius 1 is 1.00 bits per heavy atom. The van der Waals surface area contributed by atoms with Crippen molar-refractivity contribution >= 4 is 5.97 Å². The maximum absolute atomic E-state index is 11.5. The lowest BCUT2D eigenvalue weighted by molar-refractivity contribution is -0.139. The smallest absolute Gasteiger partial charge is 0.321 e. The first-order valence-corrected chi connectivity index (χ1v) is 7.72. The molecule has 116 valence electrons. The van der Waals surface area contributed by atoms with E-state index >= 15 is 0 Å². The van der Waals surface area contributed by atoms with Gasteiger partial charge in [0.05, 0.1) is 0 Å². The summed E-state index contributed by atoms with van der Waals surface area (Å²) in [4.78, 5) is 11.5. The first kappa shape index (κ1) is 16.2. The highest BCUT2D eigenvalue weighted by atomic mass is 16.4. The number of carboxylic acid groups (broad SMARTS) is 1. The van der Waals surface area contributed by atoms with Gasteiger partial charge in [0.1, 0.15) is 6.04 Å². The van der Waals surface area contributed by atoms with E-state index in [0.717, 1.165) is 18.4 Å². The number of nitrogens with one attached hydrogen (secondary N) is 1. The number of hydrogen-bond acceptors (Lipinski definition) is 2. The first-order valence-electron chi connectivity index (χ1n) is 7.72. The number of carboxylic acids is 1. The molecule has 0 radical (unpaired) electrons. The highest BCUT2D eigenvalue weighted by molar-refractivity contribution is 5.74. The van der Waals surface area contributed by atoms with E-state index in [2.05, 4.69) is 17.4 Å². The highest BCUT2D eigenvalue weighted by Crippen LogP contribution is 2.08. The molecule has 2 rings (SSSR count). The summed E-state index contributed by atoms with van der Waals surface area (Å²) in [5.41, 5.74) is 2.32. The molecule has 2 aromatic rings. The van der Waals surface area contributed by atoms with Crippen LogP contribution in [0.4, 0.5) is 0 Å². The second-order valence-electron chi connectivity index (χ2n) is 5.67. The molecule has 22 heavy (non-hydrogen) atoms. The molecule has 0 bridgehead atoms. The SMILES string of the molecule is CC(CCc1ccccc1)N[C@H](Cc1ccccc1)C(=O)O. The zero-order valence-electron chi connectivity index (χ0n) is 12.9. The molecule has 0 aromatic heterocycles. The van der Waals surface area contributed by atoms with E-state index in [0.29, 0.717) is 6.42 Å². The average molecular weight is 297 g/mol. The summed E-state index contributed by atoms with van der Waals surface area (Å²) >= 11 is 0. The van der Waals surface area contributed by atoms with Crippen molar-refractivity contribution in [3.8, 4) is 0 Å². The molecule has 2 N–H and O–H groups in total. The second-order valence-corrected chi connectivity index (χ2v) is 5.67. The van der Waals surface area contributed by atoms with Gasteiger partial charge in [-0.25, -0.2) is 0 Å². The summed E-state index contributed by atoms with van der Waals surface area (Å²) < 4.78 is 0. The van der Waals surface area contributed by atoms with Gasteiger partial charge in [-0.2, -0.15) is 0 Å². The second kappa shape index (κ2) is 8.35. The van der Waals surface area contributed by atoms with Gasteiger partial charge in [0.25, 0.3) is 0 Å². The molecule has 0 saturated carbocycles. The summed E-state index contributed by atoms with van der Waals surface area (Å²) in [7, 11) is 0. The first-order chi connectivity index (χ1) is 10.6. The topological polar surface area (TPSA) is 49.3 Å². The average Bonchev–Trinajstić information content (AvgIpc) is 2.54. The maximum Gasteiger partial charge on any atom is 0.321 e. The molecular formula is C19H23NO2. The van der Waals surface area contributed by atoms with Gasteiger partial charge < -0.3 is 10.4 Å². The van der Waals surface area contributed by atoms with Crippen LogP contribution in [0.2, 0.25) is 0 Å². The quantitative estimate of drug-likeness (QED) is 0.786. The van der Waals surface area contributed by atoms with Crippen molar-refractivity contribution in [2.75, 3.05) is 0 Å². The zero-order chi connectivity index (χ0) is 15.8. The Hall–Kier alpha value is -2.13. The Bertz CT molecular complexity index is 569. The predicted octanol–water partition coefficient (Wildman–Crippen LogP) is 3.29. The highest BCUT2D eigenvalue weighted by Gasteiger charge is 2.19. The third-order valence-corrected chi connectivity index (χ3v) is 3.78. The fourth-order valence-electron chi connectivity index (χ4n) is 2.52. The molecule has 0 fully saturated rings. The number of carbonyl (C=O) groups is 1. The minimum absolute atomic E-state index is 0.157. The number of rotatable bonds is 8. The van der Waals surface area contributed by atoms with Gasteiger partial charge >= 0.3 is 5.97 Å². The van der Waals surface area contributed by atoms with Crippen molar-refractivity contribution in [2.45, 2.75) is 38.3 Å². The number of aryl methyl sites for hydroxylation is 1. The van der Waals surface area contributed by atoms with E-state index in [4.69, 9.17) is 0 Å². The molecule has 1 unspecified atom stereocenters. The fraction of sp³-hybridized carbons (Fsp3) is 0.316. The van der Waals surface area contributed by atoms with Crippen molar-refractivity contribution in [1.82, 2.24) is 5.32 Å². The fourth-order valence-corrected chi connectivity index (χ4v) is 2.52. The maximum atomic E-state index is 11.5. The van der Waals surface area contributed by atoms with Crippen LogP contribution in [0.3, 0.4) is 0 Å². The molecule has 0 saturated heterocycles. The van der Waals surface area contributed by atoms with Crippen molar-refractivity contribution < 1.29 is 9.90 Å². The molecule has 0 heterocycles. The third-order valence-electron chi connectivity index (χ3n) is 3.78. The Morgan fingerprint density at radius 2 is 1.55 bits per heavy atom. The van der Waals surface area contributed by atoms with Crippen LogP contribution in [0, 0.1) is 0 Å². The lowest BCUT2D eigenvalue weighted by Crippen LogP contribution is -2.43.